The minimum absolute atomic E-state index is 0.742. The van der Waals surface area contributed by atoms with Gasteiger partial charge in [-0.3, -0.25) is 0 Å². The van der Waals surface area contributed by atoms with Crippen LogP contribution in [0.1, 0.15) is 43.4 Å². The summed E-state index contributed by atoms with van der Waals surface area (Å²) < 4.78 is 5.40. The second kappa shape index (κ2) is 8.21. The number of aryl methyl sites for hydroxylation is 3. The molecule has 0 aromatic heterocycles. The van der Waals surface area contributed by atoms with E-state index >= 15 is 0 Å². The van der Waals surface area contributed by atoms with Crippen molar-refractivity contribution in [2.75, 3.05) is 20.2 Å². The molecule has 0 atom stereocenters. The van der Waals surface area contributed by atoms with Crippen LogP contribution < -0.4 is 10.1 Å². The maximum Gasteiger partial charge on any atom is 0.124 e. The molecule has 1 aromatic rings. The average molecular weight is 263 g/mol. The molecule has 108 valence electrons. The predicted octanol–water partition coefficient (Wildman–Crippen LogP) is 3.88. The van der Waals surface area contributed by atoms with E-state index in [-0.39, 0.29) is 0 Å². The molecule has 19 heavy (non-hydrogen) atoms. The van der Waals surface area contributed by atoms with Crippen molar-refractivity contribution in [3.63, 3.8) is 0 Å². The minimum atomic E-state index is 0.742. The largest absolute Gasteiger partial charge is 0.496 e. The number of rotatable bonds is 8. The Labute approximate surface area is 118 Å². The van der Waals surface area contributed by atoms with Gasteiger partial charge in [-0.1, -0.05) is 26.0 Å². The third-order valence-electron chi connectivity index (χ3n) is 3.35. The van der Waals surface area contributed by atoms with E-state index in [1.807, 2.05) is 0 Å². The lowest BCUT2D eigenvalue weighted by Gasteiger charge is -2.11. The van der Waals surface area contributed by atoms with Crippen molar-refractivity contribution in [1.82, 2.24) is 5.32 Å². The fourth-order valence-corrected chi connectivity index (χ4v) is 2.48. The van der Waals surface area contributed by atoms with Gasteiger partial charge in [0.2, 0.25) is 0 Å². The molecule has 0 spiro atoms. The minimum Gasteiger partial charge on any atom is -0.496 e. The lowest BCUT2D eigenvalue weighted by atomic mass is 10.0. The smallest absolute Gasteiger partial charge is 0.124 e. The Balaban J connectivity index is 2.34. The molecule has 2 heteroatoms. The van der Waals surface area contributed by atoms with E-state index in [0.29, 0.717) is 0 Å². The van der Waals surface area contributed by atoms with Gasteiger partial charge in [0, 0.05) is 0 Å². The summed E-state index contributed by atoms with van der Waals surface area (Å²) in [6.07, 6.45) is 3.65. The normalized spacial score (nSPS) is 11.1. The highest BCUT2D eigenvalue weighted by molar-refractivity contribution is 5.43. The van der Waals surface area contributed by atoms with Gasteiger partial charge in [0.05, 0.1) is 7.11 Å². The molecule has 0 amide bonds. The Hall–Kier alpha value is -1.02. The molecule has 0 aliphatic carbocycles. The van der Waals surface area contributed by atoms with Crippen molar-refractivity contribution in [1.29, 1.82) is 0 Å². The van der Waals surface area contributed by atoms with Crippen molar-refractivity contribution in [2.45, 2.75) is 47.0 Å². The van der Waals surface area contributed by atoms with Crippen molar-refractivity contribution < 1.29 is 4.74 Å². The van der Waals surface area contributed by atoms with E-state index in [2.05, 4.69) is 45.1 Å². The standard InChI is InChI=1S/C17H29NO/c1-13(2)12-18-9-7-6-8-16-10-14(3)17(19-5)15(4)11-16/h10-11,13,18H,6-9,12H2,1-5H3. The molecule has 0 saturated carbocycles. The fraction of sp³-hybridized carbons (Fsp3) is 0.647. The van der Waals surface area contributed by atoms with Gasteiger partial charge in [0.15, 0.2) is 0 Å². The number of ether oxygens (including phenoxy) is 1. The van der Waals surface area contributed by atoms with Gasteiger partial charge in [0.1, 0.15) is 5.75 Å². The van der Waals surface area contributed by atoms with E-state index in [0.717, 1.165) is 31.2 Å². The van der Waals surface area contributed by atoms with Crippen LogP contribution >= 0.6 is 0 Å². The summed E-state index contributed by atoms with van der Waals surface area (Å²) in [7, 11) is 1.75. The highest BCUT2D eigenvalue weighted by atomic mass is 16.5. The lowest BCUT2D eigenvalue weighted by molar-refractivity contribution is 0.408. The summed E-state index contributed by atoms with van der Waals surface area (Å²) in [5, 5.41) is 3.49. The van der Waals surface area contributed by atoms with E-state index in [1.165, 1.54) is 29.5 Å². The van der Waals surface area contributed by atoms with Crippen molar-refractivity contribution in [3.8, 4) is 5.75 Å². The Kier molecular flexibility index (Phi) is 6.93. The first-order valence-corrected chi connectivity index (χ1v) is 7.39. The second-order valence-electron chi connectivity index (χ2n) is 5.82. The summed E-state index contributed by atoms with van der Waals surface area (Å²) in [5.74, 6) is 1.77. The Morgan fingerprint density at radius 1 is 1.11 bits per heavy atom. The van der Waals surface area contributed by atoms with Gasteiger partial charge in [-0.25, -0.2) is 0 Å². The summed E-state index contributed by atoms with van der Waals surface area (Å²) in [5.41, 5.74) is 3.92. The van der Waals surface area contributed by atoms with Gasteiger partial charge in [-0.15, -0.1) is 0 Å². The SMILES string of the molecule is COc1c(C)cc(CCCCNCC(C)C)cc1C. The molecule has 0 unspecified atom stereocenters. The monoisotopic (exact) mass is 263 g/mol. The molecular weight excluding hydrogens is 234 g/mol. The number of benzene rings is 1. The summed E-state index contributed by atoms with van der Waals surface area (Å²) in [6, 6.07) is 4.51. The van der Waals surface area contributed by atoms with Crippen LogP contribution in [0.3, 0.4) is 0 Å². The average Bonchev–Trinajstić information content (AvgIpc) is 2.33. The van der Waals surface area contributed by atoms with Crippen molar-refractivity contribution >= 4 is 0 Å². The predicted molar refractivity (Wildman–Crippen MR) is 83.1 cm³/mol. The van der Waals surface area contributed by atoms with Gasteiger partial charge < -0.3 is 10.1 Å². The number of unbranched alkanes of at least 4 members (excludes halogenated alkanes) is 1. The molecular formula is C17H29NO. The second-order valence-corrected chi connectivity index (χ2v) is 5.82. The van der Waals surface area contributed by atoms with Gasteiger partial charge in [0.25, 0.3) is 0 Å². The third kappa shape index (κ3) is 5.65. The third-order valence-corrected chi connectivity index (χ3v) is 3.35. The first-order chi connectivity index (χ1) is 9.04. The van der Waals surface area contributed by atoms with Gasteiger partial charge >= 0.3 is 0 Å². The Morgan fingerprint density at radius 2 is 1.74 bits per heavy atom. The number of nitrogens with one attached hydrogen (secondary N) is 1. The highest BCUT2D eigenvalue weighted by Gasteiger charge is 2.05. The molecule has 0 aliphatic rings. The zero-order valence-corrected chi connectivity index (χ0v) is 13.2. The fourth-order valence-electron chi connectivity index (χ4n) is 2.48. The molecule has 0 radical (unpaired) electrons. The van der Waals surface area contributed by atoms with Gasteiger partial charge in [-0.05, 0) is 68.8 Å². The van der Waals surface area contributed by atoms with Gasteiger partial charge in [-0.2, -0.15) is 0 Å². The van der Waals surface area contributed by atoms with E-state index < -0.39 is 0 Å². The zero-order valence-electron chi connectivity index (χ0n) is 13.2. The zero-order chi connectivity index (χ0) is 14.3. The highest BCUT2D eigenvalue weighted by Crippen LogP contribution is 2.24. The maximum absolute atomic E-state index is 5.40. The van der Waals surface area contributed by atoms with Crippen LogP contribution in [0.5, 0.6) is 5.75 Å². The molecule has 0 fully saturated rings. The summed E-state index contributed by atoms with van der Waals surface area (Å²) >= 11 is 0. The molecule has 2 nitrogen and oxygen atoms in total. The summed E-state index contributed by atoms with van der Waals surface area (Å²) in [4.78, 5) is 0. The molecule has 1 N–H and O–H groups in total. The molecule has 0 bridgehead atoms. The van der Waals surface area contributed by atoms with E-state index in [9.17, 15) is 0 Å². The Bertz CT molecular complexity index is 362. The summed E-state index contributed by atoms with van der Waals surface area (Å²) in [6.45, 7) is 11.0. The van der Waals surface area contributed by atoms with Crippen LogP contribution in [-0.2, 0) is 6.42 Å². The number of hydrogen-bond acceptors (Lipinski definition) is 2. The molecule has 0 saturated heterocycles. The van der Waals surface area contributed by atoms with Crippen LogP contribution in [0.15, 0.2) is 12.1 Å². The van der Waals surface area contributed by atoms with Crippen LogP contribution in [0.25, 0.3) is 0 Å². The maximum atomic E-state index is 5.40. The van der Waals surface area contributed by atoms with E-state index in [1.54, 1.807) is 7.11 Å². The van der Waals surface area contributed by atoms with Crippen LogP contribution in [0, 0.1) is 19.8 Å². The van der Waals surface area contributed by atoms with Crippen LogP contribution in [0.2, 0.25) is 0 Å². The van der Waals surface area contributed by atoms with Crippen molar-refractivity contribution in [2.24, 2.45) is 5.92 Å². The topological polar surface area (TPSA) is 21.3 Å². The van der Waals surface area contributed by atoms with E-state index in [4.69, 9.17) is 4.74 Å². The van der Waals surface area contributed by atoms with Crippen molar-refractivity contribution in [3.05, 3.63) is 28.8 Å². The first-order valence-electron chi connectivity index (χ1n) is 7.39. The Morgan fingerprint density at radius 3 is 2.26 bits per heavy atom. The molecule has 1 rings (SSSR count). The lowest BCUT2D eigenvalue weighted by Crippen LogP contribution is -2.20. The molecule has 0 heterocycles. The van der Waals surface area contributed by atoms with Crippen LogP contribution in [0.4, 0.5) is 0 Å². The number of methoxy groups -OCH3 is 1. The quantitative estimate of drug-likeness (QED) is 0.719. The molecule has 1 aromatic carbocycles. The first kappa shape index (κ1) is 16.0. The molecule has 0 aliphatic heterocycles. The van der Waals surface area contributed by atoms with Crippen LogP contribution in [-0.4, -0.2) is 20.2 Å². The number of hydrogen-bond donors (Lipinski definition) is 1.